The molecule has 0 spiro atoms. The molecule has 2 amide bonds. The zero-order valence-corrected chi connectivity index (χ0v) is 11.2. The van der Waals surface area contributed by atoms with Crippen molar-refractivity contribution in [3.63, 3.8) is 0 Å². The van der Waals surface area contributed by atoms with Crippen LogP contribution in [0.15, 0.2) is 30.3 Å². The van der Waals surface area contributed by atoms with E-state index in [1.54, 1.807) is 0 Å². The number of aliphatic hydroxyl groups is 1. The Balaban J connectivity index is 1.99. The van der Waals surface area contributed by atoms with E-state index in [0.717, 1.165) is 37.9 Å². The molecule has 1 saturated heterocycles. The van der Waals surface area contributed by atoms with Crippen molar-refractivity contribution in [3.05, 3.63) is 35.9 Å². The summed E-state index contributed by atoms with van der Waals surface area (Å²) in [6.07, 6.45) is 3.65. The van der Waals surface area contributed by atoms with Gasteiger partial charge in [0, 0.05) is 19.7 Å². The number of hydrogen-bond acceptors (Lipinski definition) is 2. The first-order valence-electron chi connectivity index (χ1n) is 7.02. The smallest absolute Gasteiger partial charge is 0.317 e. The van der Waals surface area contributed by atoms with E-state index in [-0.39, 0.29) is 18.7 Å². The maximum Gasteiger partial charge on any atom is 0.317 e. The summed E-state index contributed by atoms with van der Waals surface area (Å²) in [4.78, 5) is 14.0. The van der Waals surface area contributed by atoms with E-state index in [1.807, 2.05) is 35.2 Å². The van der Waals surface area contributed by atoms with Crippen LogP contribution in [-0.4, -0.2) is 35.7 Å². The second kappa shape index (κ2) is 7.14. The van der Waals surface area contributed by atoms with Gasteiger partial charge in [0.15, 0.2) is 0 Å². The highest BCUT2D eigenvalue weighted by Crippen LogP contribution is 2.19. The van der Waals surface area contributed by atoms with E-state index in [9.17, 15) is 4.79 Å². The van der Waals surface area contributed by atoms with Gasteiger partial charge in [-0.25, -0.2) is 4.79 Å². The molecule has 1 atom stereocenters. The van der Waals surface area contributed by atoms with E-state index in [2.05, 4.69) is 5.32 Å². The number of nitrogens with zero attached hydrogens (tertiary/aromatic N) is 1. The summed E-state index contributed by atoms with van der Waals surface area (Å²) in [5.74, 6) is 0. The number of benzene rings is 1. The number of rotatable bonds is 5. The Hall–Kier alpha value is -1.55. The number of urea groups is 1. The van der Waals surface area contributed by atoms with Crippen LogP contribution in [0.2, 0.25) is 0 Å². The molecule has 2 rings (SSSR count). The van der Waals surface area contributed by atoms with Gasteiger partial charge in [-0.2, -0.15) is 0 Å². The Bertz CT molecular complexity index is 388. The first-order valence-corrected chi connectivity index (χ1v) is 7.02. The molecular formula is C15H22N2O2. The fourth-order valence-electron chi connectivity index (χ4n) is 2.46. The predicted molar refractivity (Wildman–Crippen MR) is 74.8 cm³/mol. The van der Waals surface area contributed by atoms with E-state index >= 15 is 0 Å². The minimum atomic E-state index is -0.0125. The van der Waals surface area contributed by atoms with Crippen molar-refractivity contribution >= 4 is 6.03 Å². The Morgan fingerprint density at radius 3 is 2.58 bits per heavy atom. The van der Waals surface area contributed by atoms with Gasteiger partial charge >= 0.3 is 6.03 Å². The molecule has 1 unspecified atom stereocenters. The lowest BCUT2D eigenvalue weighted by Crippen LogP contribution is -2.40. The van der Waals surface area contributed by atoms with Crippen molar-refractivity contribution in [2.75, 3.05) is 19.7 Å². The Labute approximate surface area is 114 Å². The Morgan fingerprint density at radius 2 is 1.95 bits per heavy atom. The van der Waals surface area contributed by atoms with Crippen LogP contribution in [0.1, 0.15) is 37.3 Å². The first kappa shape index (κ1) is 13.9. The first-order chi connectivity index (χ1) is 9.31. The molecule has 0 saturated carbocycles. The number of nitrogens with one attached hydrogen (secondary N) is 1. The Morgan fingerprint density at radius 1 is 1.26 bits per heavy atom. The summed E-state index contributed by atoms with van der Waals surface area (Å²) >= 11 is 0. The highest BCUT2D eigenvalue weighted by Gasteiger charge is 2.21. The Kier molecular flexibility index (Phi) is 5.21. The molecule has 2 N–H and O–H groups in total. The minimum Gasteiger partial charge on any atom is -0.396 e. The predicted octanol–water partition coefficient (Wildman–Crippen LogP) is 2.31. The van der Waals surface area contributed by atoms with Crippen molar-refractivity contribution in [1.29, 1.82) is 0 Å². The summed E-state index contributed by atoms with van der Waals surface area (Å²) in [7, 11) is 0. The van der Waals surface area contributed by atoms with Gasteiger partial charge in [0.2, 0.25) is 0 Å². The lowest BCUT2D eigenvalue weighted by atomic mass is 10.0. The van der Waals surface area contributed by atoms with Crippen molar-refractivity contribution in [2.24, 2.45) is 0 Å². The van der Waals surface area contributed by atoms with Gasteiger partial charge < -0.3 is 15.3 Å². The third kappa shape index (κ3) is 3.96. The third-order valence-electron chi connectivity index (χ3n) is 3.54. The molecule has 1 aromatic rings. The van der Waals surface area contributed by atoms with E-state index in [1.165, 1.54) is 0 Å². The molecule has 104 valence electrons. The van der Waals surface area contributed by atoms with Crippen molar-refractivity contribution in [2.45, 2.75) is 31.7 Å². The normalized spacial score (nSPS) is 16.4. The molecule has 1 fully saturated rings. The SMILES string of the molecule is O=C(NC(CCCO)c1ccccc1)N1CCCC1. The zero-order valence-electron chi connectivity index (χ0n) is 11.2. The van der Waals surface area contributed by atoms with Gasteiger partial charge in [-0.3, -0.25) is 0 Å². The van der Waals surface area contributed by atoms with Gasteiger partial charge in [0.25, 0.3) is 0 Å². The number of amides is 2. The van der Waals surface area contributed by atoms with Gasteiger partial charge in [0.1, 0.15) is 0 Å². The number of hydrogen-bond donors (Lipinski definition) is 2. The van der Waals surface area contributed by atoms with Crippen LogP contribution < -0.4 is 5.32 Å². The number of likely N-dealkylation sites (tertiary alicyclic amines) is 1. The average molecular weight is 262 g/mol. The van der Waals surface area contributed by atoms with Crippen molar-refractivity contribution < 1.29 is 9.90 Å². The highest BCUT2D eigenvalue weighted by atomic mass is 16.3. The molecule has 0 radical (unpaired) electrons. The van der Waals surface area contributed by atoms with Crippen molar-refractivity contribution in [1.82, 2.24) is 10.2 Å². The van der Waals surface area contributed by atoms with Crippen LogP contribution >= 0.6 is 0 Å². The fourth-order valence-corrected chi connectivity index (χ4v) is 2.46. The van der Waals surface area contributed by atoms with Crippen molar-refractivity contribution in [3.8, 4) is 0 Å². The molecule has 1 aliphatic heterocycles. The topological polar surface area (TPSA) is 52.6 Å². The number of carbonyl (C=O) groups is 1. The molecular weight excluding hydrogens is 240 g/mol. The van der Waals surface area contributed by atoms with Gasteiger partial charge in [-0.05, 0) is 31.2 Å². The fraction of sp³-hybridized carbons (Fsp3) is 0.533. The van der Waals surface area contributed by atoms with Crippen LogP contribution in [-0.2, 0) is 0 Å². The summed E-state index contributed by atoms with van der Waals surface area (Å²) in [5.41, 5.74) is 1.10. The highest BCUT2D eigenvalue weighted by molar-refractivity contribution is 5.75. The van der Waals surface area contributed by atoms with E-state index in [4.69, 9.17) is 5.11 Å². The van der Waals surface area contributed by atoms with Crippen LogP contribution in [0.5, 0.6) is 0 Å². The monoisotopic (exact) mass is 262 g/mol. The third-order valence-corrected chi connectivity index (χ3v) is 3.54. The van der Waals surface area contributed by atoms with Crippen LogP contribution in [0.25, 0.3) is 0 Å². The van der Waals surface area contributed by atoms with E-state index in [0.29, 0.717) is 6.42 Å². The molecule has 1 heterocycles. The van der Waals surface area contributed by atoms with Gasteiger partial charge in [0.05, 0.1) is 6.04 Å². The summed E-state index contributed by atoms with van der Waals surface area (Å²) in [6.45, 7) is 1.86. The van der Waals surface area contributed by atoms with Crippen LogP contribution in [0.3, 0.4) is 0 Å². The maximum atomic E-state index is 12.1. The molecule has 4 heteroatoms. The molecule has 4 nitrogen and oxygen atoms in total. The zero-order chi connectivity index (χ0) is 13.5. The summed E-state index contributed by atoms with van der Waals surface area (Å²) < 4.78 is 0. The lowest BCUT2D eigenvalue weighted by molar-refractivity contribution is 0.202. The average Bonchev–Trinajstić information content (AvgIpc) is 2.98. The van der Waals surface area contributed by atoms with Crippen LogP contribution in [0, 0.1) is 0 Å². The van der Waals surface area contributed by atoms with Gasteiger partial charge in [-0.15, -0.1) is 0 Å². The quantitative estimate of drug-likeness (QED) is 0.855. The lowest BCUT2D eigenvalue weighted by Gasteiger charge is -2.23. The molecule has 0 aromatic heterocycles. The number of carbonyl (C=O) groups excluding carboxylic acids is 1. The number of aliphatic hydroxyl groups excluding tert-OH is 1. The molecule has 19 heavy (non-hydrogen) atoms. The second-order valence-corrected chi connectivity index (χ2v) is 4.97. The maximum absolute atomic E-state index is 12.1. The van der Waals surface area contributed by atoms with Gasteiger partial charge in [-0.1, -0.05) is 30.3 Å². The van der Waals surface area contributed by atoms with Crippen LogP contribution in [0.4, 0.5) is 4.79 Å². The molecule has 1 aromatic carbocycles. The standard InChI is InChI=1S/C15H22N2O2/c18-12-6-9-14(13-7-2-1-3-8-13)16-15(19)17-10-4-5-11-17/h1-3,7-8,14,18H,4-6,9-12H2,(H,16,19). The van der Waals surface area contributed by atoms with E-state index < -0.39 is 0 Å². The summed E-state index contributed by atoms with van der Waals surface area (Å²) in [6, 6.07) is 9.96. The second-order valence-electron chi connectivity index (χ2n) is 4.97. The summed E-state index contributed by atoms with van der Waals surface area (Å²) in [5, 5.41) is 12.1. The molecule has 0 bridgehead atoms. The largest absolute Gasteiger partial charge is 0.396 e. The molecule has 1 aliphatic rings. The molecule has 0 aliphatic carbocycles. The minimum absolute atomic E-state index is 0.0125.